The minimum absolute atomic E-state index is 0.0137. The van der Waals surface area contributed by atoms with E-state index in [9.17, 15) is 29.7 Å². The van der Waals surface area contributed by atoms with Crippen LogP contribution in [0.1, 0.15) is 50.0 Å². The van der Waals surface area contributed by atoms with Crippen LogP contribution in [0.4, 0.5) is 0 Å². The molecule has 4 N–H and O–H groups in total. The summed E-state index contributed by atoms with van der Waals surface area (Å²) in [5.74, 6) is -4.85. The molecule has 0 spiro atoms. The first-order valence-corrected chi connectivity index (χ1v) is 6.97. The number of benzene rings is 2. The third-order valence-corrected chi connectivity index (χ3v) is 3.47. The molecule has 0 aliphatic carbocycles. The summed E-state index contributed by atoms with van der Waals surface area (Å²) in [4.78, 5) is 35.4. The number of hydrogen-bond acceptors (Lipinski definition) is 6. The summed E-state index contributed by atoms with van der Waals surface area (Å²) in [7, 11) is 0. The summed E-state index contributed by atoms with van der Waals surface area (Å²) in [5.41, 5.74) is -1.62. The highest BCUT2D eigenvalue weighted by Crippen LogP contribution is 2.34. The number of carboxylic acid groups (broad SMARTS) is 1. The minimum Gasteiger partial charge on any atom is -0.507 e. The number of phenolic OH excluding ortho intramolecular Hbond substituents is 3. The van der Waals surface area contributed by atoms with E-state index in [2.05, 4.69) is 0 Å². The van der Waals surface area contributed by atoms with Crippen molar-refractivity contribution in [3.8, 4) is 17.2 Å². The van der Waals surface area contributed by atoms with Gasteiger partial charge < -0.3 is 20.4 Å². The van der Waals surface area contributed by atoms with Gasteiger partial charge in [-0.15, -0.1) is 0 Å². The summed E-state index contributed by atoms with van der Waals surface area (Å²) in [6.45, 7) is 1.59. The minimum atomic E-state index is -1.45. The Morgan fingerprint density at radius 2 is 1.50 bits per heavy atom. The lowest BCUT2D eigenvalue weighted by Gasteiger charge is -2.11. The molecule has 0 amide bonds. The molecule has 0 radical (unpaired) electrons. The number of Topliss-reactive ketones (excluding diaryl/α,β-unsaturated/α-hetero) is 1. The Labute approximate surface area is 136 Å². The van der Waals surface area contributed by atoms with Crippen molar-refractivity contribution in [1.29, 1.82) is 0 Å². The highest BCUT2D eigenvalue weighted by molar-refractivity contribution is 6.18. The highest BCUT2D eigenvalue weighted by atomic mass is 16.4. The smallest absolute Gasteiger partial charge is 0.336 e. The molecular formula is C17H14O7. The summed E-state index contributed by atoms with van der Waals surface area (Å²) < 4.78 is 0. The van der Waals surface area contributed by atoms with Gasteiger partial charge in [-0.25, -0.2) is 4.79 Å². The average Bonchev–Trinajstić information content (AvgIpc) is 2.52. The van der Waals surface area contributed by atoms with Gasteiger partial charge in [0.25, 0.3) is 0 Å². The van der Waals surface area contributed by atoms with Crippen molar-refractivity contribution in [3.05, 3.63) is 52.6 Å². The van der Waals surface area contributed by atoms with Crippen molar-refractivity contribution >= 4 is 17.5 Å². The van der Waals surface area contributed by atoms with Crippen LogP contribution in [0.3, 0.4) is 0 Å². The molecule has 2 aromatic carbocycles. The molecule has 0 heterocycles. The van der Waals surface area contributed by atoms with Crippen LogP contribution in [-0.4, -0.2) is 38.0 Å². The fourth-order valence-electron chi connectivity index (χ4n) is 2.29. The highest BCUT2D eigenvalue weighted by Gasteiger charge is 2.27. The molecule has 0 fully saturated rings. The number of carboxylic acids is 1. The van der Waals surface area contributed by atoms with Gasteiger partial charge in [0, 0.05) is 12.0 Å². The van der Waals surface area contributed by atoms with Crippen LogP contribution < -0.4 is 0 Å². The van der Waals surface area contributed by atoms with E-state index >= 15 is 0 Å². The van der Waals surface area contributed by atoms with E-state index in [4.69, 9.17) is 5.11 Å². The van der Waals surface area contributed by atoms with E-state index in [1.165, 1.54) is 6.07 Å². The quantitative estimate of drug-likeness (QED) is 0.618. The second-order valence-electron chi connectivity index (χ2n) is 5.00. The lowest BCUT2D eigenvalue weighted by atomic mass is 9.94. The van der Waals surface area contributed by atoms with Gasteiger partial charge in [-0.05, 0) is 24.3 Å². The number of aromatic hydroxyl groups is 3. The molecule has 0 unspecified atom stereocenters. The van der Waals surface area contributed by atoms with Gasteiger partial charge in [0.15, 0.2) is 5.78 Å². The number of rotatable bonds is 5. The van der Waals surface area contributed by atoms with E-state index in [1.54, 1.807) is 6.92 Å². The maximum absolute atomic E-state index is 12.6. The lowest BCUT2D eigenvalue weighted by molar-refractivity contribution is 0.0691. The van der Waals surface area contributed by atoms with E-state index in [-0.39, 0.29) is 17.8 Å². The Hall–Kier alpha value is -3.35. The lowest BCUT2D eigenvalue weighted by Crippen LogP contribution is -2.11. The maximum Gasteiger partial charge on any atom is 0.336 e. The van der Waals surface area contributed by atoms with Gasteiger partial charge in [0.05, 0.1) is 11.1 Å². The van der Waals surface area contributed by atoms with E-state index in [1.807, 2.05) is 0 Å². The third kappa shape index (κ3) is 2.91. The van der Waals surface area contributed by atoms with Crippen molar-refractivity contribution in [2.75, 3.05) is 0 Å². The molecule has 7 nitrogen and oxygen atoms in total. The average molecular weight is 330 g/mol. The van der Waals surface area contributed by atoms with E-state index < -0.39 is 45.7 Å². The van der Waals surface area contributed by atoms with Crippen molar-refractivity contribution in [2.45, 2.75) is 13.3 Å². The zero-order valence-corrected chi connectivity index (χ0v) is 12.6. The monoisotopic (exact) mass is 330 g/mol. The topological polar surface area (TPSA) is 132 Å². The fourth-order valence-corrected chi connectivity index (χ4v) is 2.29. The number of carbonyl (C=O) groups is 3. The molecular weight excluding hydrogens is 316 g/mol. The number of ketones is 2. The van der Waals surface area contributed by atoms with Crippen LogP contribution in [0.15, 0.2) is 30.3 Å². The molecule has 0 aliphatic heterocycles. The van der Waals surface area contributed by atoms with E-state index in [0.717, 1.165) is 24.3 Å². The molecule has 0 saturated carbocycles. The third-order valence-electron chi connectivity index (χ3n) is 3.47. The Kier molecular flexibility index (Phi) is 4.54. The van der Waals surface area contributed by atoms with Crippen LogP contribution in [0, 0.1) is 0 Å². The fraction of sp³-hybridized carbons (Fsp3) is 0.118. The van der Waals surface area contributed by atoms with Crippen LogP contribution in [0.5, 0.6) is 17.2 Å². The summed E-state index contributed by atoms with van der Waals surface area (Å²) in [5, 5.41) is 39.0. The van der Waals surface area contributed by atoms with Gasteiger partial charge >= 0.3 is 5.97 Å². The molecule has 2 rings (SSSR count). The molecule has 0 atom stereocenters. The first-order chi connectivity index (χ1) is 11.3. The molecule has 24 heavy (non-hydrogen) atoms. The maximum atomic E-state index is 12.6. The predicted octanol–water partition coefficient (Wildman–Crippen LogP) is 2.33. The zero-order valence-electron chi connectivity index (χ0n) is 12.6. The second kappa shape index (κ2) is 6.41. The van der Waals surface area contributed by atoms with Gasteiger partial charge in [-0.3, -0.25) is 9.59 Å². The van der Waals surface area contributed by atoms with Crippen LogP contribution in [0.25, 0.3) is 0 Å². The van der Waals surface area contributed by atoms with Crippen molar-refractivity contribution in [2.24, 2.45) is 0 Å². The molecule has 124 valence electrons. The predicted molar refractivity (Wildman–Crippen MR) is 82.9 cm³/mol. The largest absolute Gasteiger partial charge is 0.507 e. The van der Waals surface area contributed by atoms with Gasteiger partial charge in [0.2, 0.25) is 5.78 Å². The number of aromatic carboxylic acids is 1. The van der Waals surface area contributed by atoms with Gasteiger partial charge in [0.1, 0.15) is 22.8 Å². The van der Waals surface area contributed by atoms with E-state index in [0.29, 0.717) is 0 Å². The summed E-state index contributed by atoms with van der Waals surface area (Å²) in [6, 6.07) is 5.50. The molecule has 7 heteroatoms. The van der Waals surface area contributed by atoms with Crippen molar-refractivity contribution in [3.63, 3.8) is 0 Å². The first-order valence-electron chi connectivity index (χ1n) is 6.97. The number of phenols is 3. The molecule has 2 aromatic rings. The Morgan fingerprint density at radius 1 is 0.917 bits per heavy atom. The van der Waals surface area contributed by atoms with Crippen LogP contribution >= 0.6 is 0 Å². The van der Waals surface area contributed by atoms with Gasteiger partial charge in [-0.1, -0.05) is 13.0 Å². The normalized spacial score (nSPS) is 10.4. The van der Waals surface area contributed by atoms with Crippen molar-refractivity contribution < 1.29 is 34.8 Å². The molecule has 0 bridgehead atoms. The van der Waals surface area contributed by atoms with Crippen LogP contribution in [0.2, 0.25) is 0 Å². The molecule has 0 aromatic heterocycles. The summed E-state index contributed by atoms with van der Waals surface area (Å²) >= 11 is 0. The Balaban J connectivity index is 2.64. The Bertz CT molecular complexity index is 829. The SMILES string of the molecule is CCC(=O)c1cc(O)c(C(=O)c2c(O)cccc2C(=O)O)c(O)c1. The number of carbonyl (C=O) groups excluding carboxylic acids is 2. The Morgan fingerprint density at radius 3 is 2.00 bits per heavy atom. The number of hydrogen-bond donors (Lipinski definition) is 4. The van der Waals surface area contributed by atoms with Crippen molar-refractivity contribution in [1.82, 2.24) is 0 Å². The molecule has 0 saturated heterocycles. The molecule has 0 aliphatic rings. The summed E-state index contributed by atoms with van der Waals surface area (Å²) in [6.07, 6.45) is 0.134. The second-order valence-corrected chi connectivity index (χ2v) is 5.00. The van der Waals surface area contributed by atoms with Gasteiger partial charge in [-0.2, -0.15) is 0 Å². The zero-order chi connectivity index (χ0) is 18.0. The standard InChI is InChI=1S/C17H14O7/c1-2-10(18)8-6-12(20)15(13(21)7-8)16(22)14-9(17(23)24)4-3-5-11(14)19/h3-7,19-21H,2H2,1H3,(H,23,24). The van der Waals surface area contributed by atoms with Crippen LogP contribution in [-0.2, 0) is 0 Å². The first kappa shape index (κ1) is 17.0.